The maximum atomic E-state index is 12.1. The maximum Gasteiger partial charge on any atom is 0.150 e. The Bertz CT molecular complexity index is 617. The fourth-order valence-corrected chi connectivity index (χ4v) is 3.34. The highest BCUT2D eigenvalue weighted by Crippen LogP contribution is 2.40. The molecule has 2 aromatic carbocycles. The van der Waals surface area contributed by atoms with Crippen LogP contribution in [0.5, 0.6) is 0 Å². The summed E-state index contributed by atoms with van der Waals surface area (Å²) in [6, 6.07) is 12.9. The highest BCUT2D eigenvalue weighted by atomic mass is 32.2. The standard InChI is InChI=1S/C13H8O2S/c14-8-9-5-6-13-11(7-9)10-3-1-2-4-12(10)16(13)15/h1-8H. The summed E-state index contributed by atoms with van der Waals surface area (Å²) in [5.41, 5.74) is 2.51. The second-order valence-corrected chi connectivity index (χ2v) is 5.06. The van der Waals surface area contributed by atoms with Crippen molar-refractivity contribution >= 4 is 17.1 Å². The van der Waals surface area contributed by atoms with Gasteiger partial charge in [-0.1, -0.05) is 24.3 Å². The van der Waals surface area contributed by atoms with Crippen LogP contribution in [0.15, 0.2) is 52.3 Å². The van der Waals surface area contributed by atoms with E-state index in [-0.39, 0.29) is 0 Å². The van der Waals surface area contributed by atoms with Crippen molar-refractivity contribution in [3.8, 4) is 11.1 Å². The average molecular weight is 228 g/mol. The zero-order valence-electron chi connectivity index (χ0n) is 8.34. The number of hydrogen-bond donors (Lipinski definition) is 0. The maximum absolute atomic E-state index is 12.1. The molecule has 1 aliphatic heterocycles. The Balaban J connectivity index is 2.35. The SMILES string of the molecule is O=Cc1ccc2c(c1)-c1ccccc1S2=O. The van der Waals surface area contributed by atoms with E-state index in [1.807, 2.05) is 24.3 Å². The minimum atomic E-state index is -1.10. The smallest absolute Gasteiger partial charge is 0.150 e. The number of hydrogen-bond acceptors (Lipinski definition) is 2. The van der Waals surface area contributed by atoms with Crippen molar-refractivity contribution < 1.29 is 9.00 Å². The van der Waals surface area contributed by atoms with Crippen LogP contribution < -0.4 is 0 Å². The van der Waals surface area contributed by atoms with Gasteiger partial charge < -0.3 is 0 Å². The average Bonchev–Trinajstić information content (AvgIpc) is 2.64. The predicted octanol–water partition coefficient (Wildman–Crippen LogP) is 2.65. The Labute approximate surface area is 95.4 Å². The molecule has 0 bridgehead atoms. The molecule has 3 heteroatoms. The van der Waals surface area contributed by atoms with Gasteiger partial charge in [-0.2, -0.15) is 0 Å². The lowest BCUT2D eigenvalue weighted by Gasteiger charge is -1.98. The van der Waals surface area contributed by atoms with Gasteiger partial charge in [0.15, 0.2) is 0 Å². The number of rotatable bonds is 1. The largest absolute Gasteiger partial charge is 0.298 e. The highest BCUT2D eigenvalue weighted by molar-refractivity contribution is 7.85. The normalized spacial score (nSPS) is 16.6. The van der Waals surface area contributed by atoms with E-state index in [1.165, 1.54) is 0 Å². The van der Waals surface area contributed by atoms with Gasteiger partial charge in [0.1, 0.15) is 6.29 Å². The first-order chi connectivity index (χ1) is 7.81. The summed E-state index contributed by atoms with van der Waals surface area (Å²) in [4.78, 5) is 12.4. The third-order valence-electron chi connectivity index (χ3n) is 2.72. The van der Waals surface area contributed by atoms with Crippen molar-refractivity contribution in [2.24, 2.45) is 0 Å². The second-order valence-electron chi connectivity index (χ2n) is 3.64. The Morgan fingerprint density at radius 3 is 2.50 bits per heavy atom. The van der Waals surface area contributed by atoms with E-state index in [2.05, 4.69) is 0 Å². The van der Waals surface area contributed by atoms with Crippen LogP contribution in [0.4, 0.5) is 0 Å². The van der Waals surface area contributed by atoms with E-state index in [4.69, 9.17) is 0 Å². The summed E-state index contributed by atoms with van der Waals surface area (Å²) in [6.45, 7) is 0. The van der Waals surface area contributed by atoms with E-state index in [0.29, 0.717) is 5.56 Å². The van der Waals surface area contributed by atoms with Crippen molar-refractivity contribution in [3.05, 3.63) is 48.0 Å². The van der Waals surface area contributed by atoms with Crippen molar-refractivity contribution in [1.82, 2.24) is 0 Å². The van der Waals surface area contributed by atoms with Crippen LogP contribution >= 0.6 is 0 Å². The molecule has 0 spiro atoms. The van der Waals surface area contributed by atoms with Crippen LogP contribution in [0.3, 0.4) is 0 Å². The molecule has 1 heterocycles. The second kappa shape index (κ2) is 3.39. The molecule has 1 aliphatic rings. The van der Waals surface area contributed by atoms with E-state index in [1.54, 1.807) is 18.2 Å². The van der Waals surface area contributed by atoms with Crippen molar-refractivity contribution in [2.75, 3.05) is 0 Å². The van der Waals surface area contributed by atoms with E-state index < -0.39 is 10.8 Å². The molecule has 0 saturated carbocycles. The lowest BCUT2D eigenvalue weighted by Crippen LogP contribution is -1.86. The highest BCUT2D eigenvalue weighted by Gasteiger charge is 2.24. The van der Waals surface area contributed by atoms with Gasteiger partial charge in [0, 0.05) is 11.1 Å². The van der Waals surface area contributed by atoms with Crippen molar-refractivity contribution in [3.63, 3.8) is 0 Å². The minimum absolute atomic E-state index is 0.618. The number of carbonyl (C=O) groups is 1. The van der Waals surface area contributed by atoms with Gasteiger partial charge >= 0.3 is 0 Å². The van der Waals surface area contributed by atoms with Crippen LogP contribution in [-0.2, 0) is 10.8 Å². The van der Waals surface area contributed by atoms with Crippen LogP contribution in [0.25, 0.3) is 11.1 Å². The van der Waals surface area contributed by atoms with E-state index >= 15 is 0 Å². The Hall–Kier alpha value is -1.74. The Morgan fingerprint density at radius 1 is 0.938 bits per heavy atom. The predicted molar refractivity (Wildman–Crippen MR) is 61.9 cm³/mol. The Morgan fingerprint density at radius 2 is 1.69 bits per heavy atom. The van der Waals surface area contributed by atoms with Gasteiger partial charge in [0.2, 0.25) is 0 Å². The summed E-state index contributed by atoms with van der Waals surface area (Å²) in [5.74, 6) is 0. The van der Waals surface area contributed by atoms with Gasteiger partial charge in [0.05, 0.1) is 20.6 Å². The number of aldehydes is 1. The molecule has 16 heavy (non-hydrogen) atoms. The summed E-state index contributed by atoms with van der Waals surface area (Å²) >= 11 is 0. The molecule has 0 aromatic heterocycles. The first-order valence-corrected chi connectivity index (χ1v) is 6.06. The number of carbonyl (C=O) groups excluding carboxylic acids is 1. The fraction of sp³-hybridized carbons (Fsp3) is 0. The lowest BCUT2D eigenvalue weighted by molar-refractivity contribution is 0.112. The topological polar surface area (TPSA) is 34.1 Å². The van der Waals surface area contributed by atoms with E-state index in [0.717, 1.165) is 27.2 Å². The zero-order chi connectivity index (χ0) is 11.1. The molecule has 0 aliphatic carbocycles. The molecule has 1 atom stereocenters. The molecule has 0 amide bonds. The molecule has 0 saturated heterocycles. The molecular formula is C13H8O2S. The van der Waals surface area contributed by atoms with Crippen LogP contribution in [0.2, 0.25) is 0 Å². The fourth-order valence-electron chi connectivity index (χ4n) is 1.96. The zero-order valence-corrected chi connectivity index (χ0v) is 9.16. The molecular weight excluding hydrogens is 220 g/mol. The molecule has 0 fully saturated rings. The van der Waals surface area contributed by atoms with Crippen LogP contribution in [0.1, 0.15) is 10.4 Å². The molecule has 0 radical (unpaired) electrons. The first-order valence-electron chi connectivity index (χ1n) is 4.91. The molecule has 2 aromatic rings. The first kappa shape index (κ1) is 9.48. The lowest BCUT2D eigenvalue weighted by atomic mass is 10.0. The minimum Gasteiger partial charge on any atom is -0.298 e. The third kappa shape index (κ3) is 1.18. The molecule has 3 rings (SSSR count). The van der Waals surface area contributed by atoms with Gasteiger partial charge in [-0.25, -0.2) is 4.21 Å². The summed E-state index contributed by atoms with van der Waals surface area (Å²) in [6.07, 6.45) is 0.810. The monoisotopic (exact) mass is 228 g/mol. The van der Waals surface area contributed by atoms with Gasteiger partial charge in [-0.05, 0) is 23.8 Å². The van der Waals surface area contributed by atoms with Gasteiger partial charge in [-0.15, -0.1) is 0 Å². The van der Waals surface area contributed by atoms with Crippen LogP contribution in [0, 0.1) is 0 Å². The number of fused-ring (bicyclic) bond motifs is 3. The van der Waals surface area contributed by atoms with Gasteiger partial charge in [-0.3, -0.25) is 4.79 Å². The summed E-state index contributed by atoms with van der Waals surface area (Å²) < 4.78 is 12.1. The quantitative estimate of drug-likeness (QED) is 0.600. The molecule has 1 unspecified atom stereocenters. The van der Waals surface area contributed by atoms with Gasteiger partial charge in [0.25, 0.3) is 0 Å². The van der Waals surface area contributed by atoms with Crippen molar-refractivity contribution in [1.29, 1.82) is 0 Å². The summed E-state index contributed by atoms with van der Waals surface area (Å²) in [7, 11) is -1.10. The Kier molecular flexibility index (Phi) is 2.01. The number of benzene rings is 2. The van der Waals surface area contributed by atoms with Crippen LogP contribution in [-0.4, -0.2) is 10.5 Å². The molecule has 2 nitrogen and oxygen atoms in total. The van der Waals surface area contributed by atoms with E-state index in [9.17, 15) is 9.00 Å². The summed E-state index contributed by atoms with van der Waals surface area (Å²) in [5, 5.41) is 0. The molecule has 0 N–H and O–H groups in total. The molecule has 78 valence electrons. The third-order valence-corrected chi connectivity index (χ3v) is 4.23. The van der Waals surface area contributed by atoms with Crippen molar-refractivity contribution in [2.45, 2.75) is 9.79 Å².